The van der Waals surface area contributed by atoms with Gasteiger partial charge in [0.1, 0.15) is 0 Å². The van der Waals surface area contributed by atoms with Gasteiger partial charge in [-0.3, -0.25) is 14.5 Å². The lowest BCUT2D eigenvalue weighted by molar-refractivity contribution is -0.131. The average molecular weight is 349 g/mol. The van der Waals surface area contributed by atoms with Gasteiger partial charge in [0.05, 0.1) is 11.6 Å². The second-order valence-electron chi connectivity index (χ2n) is 6.42. The number of carboxylic acids is 1. The maximum atomic E-state index is 12.8. The molecular formula is C21H19NO4. The largest absolute Gasteiger partial charge is 0.478 e. The van der Waals surface area contributed by atoms with E-state index in [2.05, 4.69) is 0 Å². The molecule has 0 radical (unpaired) electrons. The number of carboxylic acid groups (broad SMARTS) is 1. The number of nitrogens with zero attached hydrogens (tertiary/aromatic N) is 1. The monoisotopic (exact) mass is 349 g/mol. The van der Waals surface area contributed by atoms with Crippen LogP contribution >= 0.6 is 0 Å². The van der Waals surface area contributed by atoms with Crippen LogP contribution in [0, 0.1) is 12.8 Å². The third-order valence-corrected chi connectivity index (χ3v) is 4.39. The van der Waals surface area contributed by atoms with Crippen LogP contribution in [0.3, 0.4) is 0 Å². The molecule has 1 saturated heterocycles. The van der Waals surface area contributed by atoms with E-state index in [1.54, 1.807) is 24.3 Å². The summed E-state index contributed by atoms with van der Waals surface area (Å²) in [5, 5.41) is 8.73. The van der Waals surface area contributed by atoms with Gasteiger partial charge in [0.25, 0.3) is 0 Å². The normalized spacial score (nSPS) is 17.3. The van der Waals surface area contributed by atoms with E-state index in [0.717, 1.165) is 17.2 Å². The molecule has 3 rings (SSSR count). The van der Waals surface area contributed by atoms with Crippen LogP contribution in [0.1, 0.15) is 23.1 Å². The van der Waals surface area contributed by atoms with E-state index in [9.17, 15) is 14.4 Å². The summed E-state index contributed by atoms with van der Waals surface area (Å²) in [7, 11) is 0. The first kappa shape index (κ1) is 17.6. The van der Waals surface area contributed by atoms with Crippen molar-refractivity contribution in [3.8, 4) is 0 Å². The number of carbonyl (C=O) groups excluding carboxylic acids is 2. The minimum atomic E-state index is -1.05. The first-order chi connectivity index (χ1) is 12.4. The topological polar surface area (TPSA) is 74.7 Å². The van der Waals surface area contributed by atoms with Crippen molar-refractivity contribution in [2.24, 2.45) is 5.92 Å². The number of benzene rings is 2. The van der Waals surface area contributed by atoms with Gasteiger partial charge in [0, 0.05) is 12.5 Å². The summed E-state index contributed by atoms with van der Waals surface area (Å²) in [5.41, 5.74) is 3.27. The minimum Gasteiger partial charge on any atom is -0.478 e. The molecule has 1 aliphatic heterocycles. The first-order valence-electron chi connectivity index (χ1n) is 8.37. The maximum Gasteiger partial charge on any atom is 0.328 e. The van der Waals surface area contributed by atoms with Crippen molar-refractivity contribution < 1.29 is 19.5 Å². The Morgan fingerprint density at radius 3 is 2.62 bits per heavy atom. The van der Waals surface area contributed by atoms with Crippen LogP contribution in [0.25, 0.3) is 6.08 Å². The molecule has 0 aromatic heterocycles. The number of aryl methyl sites for hydroxylation is 1. The first-order valence-corrected chi connectivity index (χ1v) is 8.37. The molecule has 1 atom stereocenters. The number of imide groups is 1. The smallest absolute Gasteiger partial charge is 0.328 e. The summed E-state index contributed by atoms with van der Waals surface area (Å²) >= 11 is 0. The van der Waals surface area contributed by atoms with Gasteiger partial charge in [0.15, 0.2) is 0 Å². The van der Waals surface area contributed by atoms with Gasteiger partial charge in [-0.15, -0.1) is 0 Å². The number of amides is 2. The highest BCUT2D eigenvalue weighted by Crippen LogP contribution is 2.29. The van der Waals surface area contributed by atoms with Gasteiger partial charge >= 0.3 is 5.97 Å². The van der Waals surface area contributed by atoms with Crippen LogP contribution in [-0.4, -0.2) is 22.9 Å². The standard InChI is InChI=1S/C21H19NO4/c1-14-5-7-16(8-6-14)11-17-13-19(23)22(21(17)26)18-4-2-3-15(12-18)9-10-20(24)25/h2-10,12,17H,11,13H2,1H3,(H,24,25). The fourth-order valence-electron chi connectivity index (χ4n) is 3.07. The summed E-state index contributed by atoms with van der Waals surface area (Å²) in [5.74, 6) is -1.87. The van der Waals surface area contributed by atoms with Crippen LogP contribution in [0.2, 0.25) is 0 Å². The Morgan fingerprint density at radius 2 is 1.92 bits per heavy atom. The molecule has 1 aliphatic rings. The molecule has 132 valence electrons. The molecule has 5 heteroatoms. The number of hydrogen-bond acceptors (Lipinski definition) is 3. The fourth-order valence-corrected chi connectivity index (χ4v) is 3.07. The molecule has 1 N–H and O–H groups in total. The molecule has 1 unspecified atom stereocenters. The quantitative estimate of drug-likeness (QED) is 0.664. The molecular weight excluding hydrogens is 330 g/mol. The second-order valence-corrected chi connectivity index (χ2v) is 6.42. The highest BCUT2D eigenvalue weighted by molar-refractivity contribution is 6.21. The predicted molar refractivity (Wildman–Crippen MR) is 98.6 cm³/mol. The van der Waals surface area contributed by atoms with Crippen LogP contribution in [0.4, 0.5) is 5.69 Å². The summed E-state index contributed by atoms with van der Waals surface area (Å²) < 4.78 is 0. The Bertz CT molecular complexity index is 883. The van der Waals surface area contributed by atoms with Crippen molar-refractivity contribution in [1.29, 1.82) is 0 Å². The second kappa shape index (κ2) is 7.35. The van der Waals surface area contributed by atoms with E-state index in [0.29, 0.717) is 17.7 Å². The van der Waals surface area contributed by atoms with Gasteiger partial charge in [0.2, 0.25) is 11.8 Å². The molecule has 0 spiro atoms. The van der Waals surface area contributed by atoms with Crippen molar-refractivity contribution >= 4 is 29.5 Å². The van der Waals surface area contributed by atoms with Crippen LogP contribution in [-0.2, 0) is 20.8 Å². The van der Waals surface area contributed by atoms with Gasteiger partial charge in [-0.05, 0) is 42.7 Å². The summed E-state index contributed by atoms with van der Waals surface area (Å²) in [6.45, 7) is 2.00. The van der Waals surface area contributed by atoms with Gasteiger partial charge in [-0.25, -0.2) is 4.79 Å². The van der Waals surface area contributed by atoms with Crippen molar-refractivity contribution in [3.05, 3.63) is 71.3 Å². The third-order valence-electron chi connectivity index (χ3n) is 4.39. The van der Waals surface area contributed by atoms with Crippen molar-refractivity contribution in [2.75, 3.05) is 4.90 Å². The number of rotatable bonds is 5. The van der Waals surface area contributed by atoms with E-state index < -0.39 is 5.97 Å². The van der Waals surface area contributed by atoms with Crippen LogP contribution in [0.5, 0.6) is 0 Å². The summed E-state index contributed by atoms with van der Waals surface area (Å²) in [6.07, 6.45) is 3.16. The average Bonchev–Trinajstić information content (AvgIpc) is 2.89. The minimum absolute atomic E-state index is 0.182. The highest BCUT2D eigenvalue weighted by atomic mass is 16.4. The molecule has 0 saturated carbocycles. The number of aliphatic carboxylic acids is 1. The van der Waals surface area contributed by atoms with Gasteiger partial charge < -0.3 is 5.11 Å². The van der Waals surface area contributed by atoms with E-state index in [1.165, 1.54) is 11.0 Å². The lowest BCUT2D eigenvalue weighted by Gasteiger charge is -2.15. The zero-order chi connectivity index (χ0) is 18.7. The highest BCUT2D eigenvalue weighted by Gasteiger charge is 2.39. The molecule has 1 heterocycles. The number of carbonyl (C=O) groups is 3. The fraction of sp³-hybridized carbons (Fsp3) is 0.190. The lowest BCUT2D eigenvalue weighted by Crippen LogP contribution is -2.30. The molecule has 5 nitrogen and oxygen atoms in total. The molecule has 0 aliphatic carbocycles. The predicted octanol–water partition coefficient (Wildman–Crippen LogP) is 3.22. The van der Waals surface area contributed by atoms with E-state index in [-0.39, 0.29) is 24.2 Å². The molecule has 1 fully saturated rings. The Hall–Kier alpha value is -3.21. The molecule has 26 heavy (non-hydrogen) atoms. The molecule has 2 aromatic rings. The van der Waals surface area contributed by atoms with Crippen LogP contribution in [0.15, 0.2) is 54.6 Å². The van der Waals surface area contributed by atoms with Crippen LogP contribution < -0.4 is 4.90 Å². The maximum absolute atomic E-state index is 12.8. The van der Waals surface area contributed by atoms with Crippen molar-refractivity contribution in [2.45, 2.75) is 19.8 Å². The number of anilines is 1. The SMILES string of the molecule is Cc1ccc(CC2CC(=O)N(c3cccc(C=CC(=O)O)c3)C2=O)cc1. The zero-order valence-corrected chi connectivity index (χ0v) is 14.4. The van der Waals surface area contributed by atoms with Crippen molar-refractivity contribution in [3.63, 3.8) is 0 Å². The molecule has 0 bridgehead atoms. The molecule has 2 amide bonds. The molecule has 2 aromatic carbocycles. The summed E-state index contributed by atoms with van der Waals surface area (Å²) in [6, 6.07) is 14.7. The van der Waals surface area contributed by atoms with E-state index in [4.69, 9.17) is 5.11 Å². The lowest BCUT2D eigenvalue weighted by atomic mass is 9.97. The van der Waals surface area contributed by atoms with Gasteiger partial charge in [-0.1, -0.05) is 42.0 Å². The van der Waals surface area contributed by atoms with E-state index in [1.807, 2.05) is 31.2 Å². The Balaban J connectivity index is 1.79. The Morgan fingerprint density at radius 1 is 1.19 bits per heavy atom. The van der Waals surface area contributed by atoms with Gasteiger partial charge in [-0.2, -0.15) is 0 Å². The third kappa shape index (κ3) is 3.88. The number of hydrogen-bond donors (Lipinski definition) is 1. The van der Waals surface area contributed by atoms with E-state index >= 15 is 0 Å². The zero-order valence-electron chi connectivity index (χ0n) is 14.4. The van der Waals surface area contributed by atoms with Crippen molar-refractivity contribution in [1.82, 2.24) is 0 Å². The Labute approximate surface area is 151 Å². The Kier molecular flexibility index (Phi) is 4.98. The summed E-state index contributed by atoms with van der Waals surface area (Å²) in [4.78, 5) is 37.0.